The van der Waals surface area contributed by atoms with E-state index in [1.54, 1.807) is 0 Å². The standard InChI is InChI=1S/C17H33N3O2/c1-4-18-16(19-8-5-10-21-12-15(2)3)20-9-6-17(13-20)7-11-22-14-17/h15H,4-14H2,1-3H3,(H,18,19). The van der Waals surface area contributed by atoms with Gasteiger partial charge in [0.2, 0.25) is 0 Å². The topological polar surface area (TPSA) is 46.1 Å². The summed E-state index contributed by atoms with van der Waals surface area (Å²) in [5.74, 6) is 1.67. The summed E-state index contributed by atoms with van der Waals surface area (Å²) in [6.45, 7) is 13.9. The van der Waals surface area contributed by atoms with Gasteiger partial charge in [0.25, 0.3) is 0 Å². The first-order chi connectivity index (χ1) is 10.7. The average Bonchev–Trinajstić information content (AvgIpc) is 3.12. The van der Waals surface area contributed by atoms with Crippen LogP contribution in [-0.4, -0.2) is 63.5 Å². The van der Waals surface area contributed by atoms with Gasteiger partial charge in [0, 0.05) is 51.4 Å². The van der Waals surface area contributed by atoms with Gasteiger partial charge in [-0.3, -0.25) is 4.99 Å². The van der Waals surface area contributed by atoms with Gasteiger partial charge in [0.1, 0.15) is 0 Å². The summed E-state index contributed by atoms with van der Waals surface area (Å²) in [6, 6.07) is 0. The van der Waals surface area contributed by atoms with Crippen LogP contribution in [0.3, 0.4) is 0 Å². The lowest BCUT2D eigenvalue weighted by atomic mass is 9.87. The number of hydrogen-bond acceptors (Lipinski definition) is 3. The molecule has 2 aliphatic heterocycles. The molecule has 5 heteroatoms. The molecule has 0 radical (unpaired) electrons. The Morgan fingerprint density at radius 3 is 2.95 bits per heavy atom. The van der Waals surface area contributed by atoms with Crippen molar-refractivity contribution in [3.05, 3.63) is 0 Å². The highest BCUT2D eigenvalue weighted by molar-refractivity contribution is 5.80. The summed E-state index contributed by atoms with van der Waals surface area (Å²) >= 11 is 0. The second-order valence-corrected chi connectivity index (χ2v) is 7.03. The maximum atomic E-state index is 5.62. The molecule has 2 saturated heterocycles. The number of ether oxygens (including phenoxy) is 2. The summed E-state index contributed by atoms with van der Waals surface area (Å²) < 4.78 is 11.2. The highest BCUT2D eigenvalue weighted by atomic mass is 16.5. The molecule has 1 atom stereocenters. The van der Waals surface area contributed by atoms with Crippen LogP contribution in [0.1, 0.15) is 40.0 Å². The first-order valence-corrected chi connectivity index (χ1v) is 8.84. The van der Waals surface area contributed by atoms with Crippen molar-refractivity contribution in [2.45, 2.75) is 40.0 Å². The molecule has 1 unspecified atom stereocenters. The van der Waals surface area contributed by atoms with Crippen LogP contribution in [0.5, 0.6) is 0 Å². The van der Waals surface area contributed by atoms with Gasteiger partial charge in [-0.1, -0.05) is 13.8 Å². The Labute approximate surface area is 135 Å². The van der Waals surface area contributed by atoms with E-state index in [4.69, 9.17) is 14.5 Å². The van der Waals surface area contributed by atoms with E-state index >= 15 is 0 Å². The number of guanidine groups is 1. The molecule has 0 saturated carbocycles. The first kappa shape index (κ1) is 17.5. The summed E-state index contributed by atoms with van der Waals surface area (Å²) in [5, 5.41) is 3.43. The van der Waals surface area contributed by atoms with E-state index in [0.29, 0.717) is 11.3 Å². The Morgan fingerprint density at radius 2 is 2.27 bits per heavy atom. The van der Waals surface area contributed by atoms with E-state index in [0.717, 1.165) is 65.0 Å². The molecule has 5 nitrogen and oxygen atoms in total. The zero-order valence-electron chi connectivity index (χ0n) is 14.6. The minimum Gasteiger partial charge on any atom is -0.381 e. The van der Waals surface area contributed by atoms with Crippen molar-refractivity contribution in [3.63, 3.8) is 0 Å². The lowest BCUT2D eigenvalue weighted by Gasteiger charge is -2.25. The molecule has 0 aromatic heterocycles. The van der Waals surface area contributed by atoms with E-state index in [2.05, 4.69) is 31.0 Å². The summed E-state index contributed by atoms with van der Waals surface area (Å²) in [6.07, 6.45) is 3.42. The minimum atomic E-state index is 0.385. The molecule has 128 valence electrons. The zero-order valence-corrected chi connectivity index (χ0v) is 14.6. The molecule has 1 spiro atoms. The molecule has 22 heavy (non-hydrogen) atoms. The molecular formula is C17H33N3O2. The van der Waals surface area contributed by atoms with Gasteiger partial charge in [-0.2, -0.15) is 0 Å². The molecule has 2 aliphatic rings. The lowest BCUT2D eigenvalue weighted by molar-refractivity contribution is 0.109. The van der Waals surface area contributed by atoms with E-state index < -0.39 is 0 Å². The number of hydrogen-bond donors (Lipinski definition) is 1. The molecule has 1 N–H and O–H groups in total. The molecular weight excluding hydrogens is 278 g/mol. The van der Waals surface area contributed by atoms with Crippen LogP contribution in [0.2, 0.25) is 0 Å². The minimum absolute atomic E-state index is 0.385. The molecule has 2 fully saturated rings. The predicted molar refractivity (Wildman–Crippen MR) is 90.3 cm³/mol. The largest absolute Gasteiger partial charge is 0.381 e. The zero-order chi connectivity index (χ0) is 15.8. The fraction of sp³-hybridized carbons (Fsp3) is 0.941. The summed E-state index contributed by atoms with van der Waals surface area (Å²) in [4.78, 5) is 7.19. The van der Waals surface area contributed by atoms with Gasteiger partial charge < -0.3 is 19.7 Å². The second-order valence-electron chi connectivity index (χ2n) is 7.03. The average molecular weight is 311 g/mol. The highest BCUT2D eigenvalue weighted by Crippen LogP contribution is 2.38. The Bertz CT molecular complexity index is 352. The van der Waals surface area contributed by atoms with Crippen LogP contribution >= 0.6 is 0 Å². The van der Waals surface area contributed by atoms with Crippen LogP contribution in [0.4, 0.5) is 0 Å². The van der Waals surface area contributed by atoms with E-state index in [1.807, 2.05) is 0 Å². The predicted octanol–water partition coefficient (Wildman–Crippen LogP) is 2.13. The van der Waals surface area contributed by atoms with Gasteiger partial charge in [0.05, 0.1) is 6.61 Å². The molecule has 0 aromatic carbocycles. The van der Waals surface area contributed by atoms with Crippen LogP contribution in [-0.2, 0) is 9.47 Å². The maximum Gasteiger partial charge on any atom is 0.193 e. The quantitative estimate of drug-likeness (QED) is 0.444. The lowest BCUT2D eigenvalue weighted by Crippen LogP contribution is -2.41. The third kappa shape index (κ3) is 5.13. The van der Waals surface area contributed by atoms with E-state index in [-0.39, 0.29) is 0 Å². The number of likely N-dealkylation sites (tertiary alicyclic amines) is 1. The van der Waals surface area contributed by atoms with E-state index in [9.17, 15) is 0 Å². The van der Waals surface area contributed by atoms with Crippen LogP contribution in [0.15, 0.2) is 4.99 Å². The number of nitrogens with one attached hydrogen (secondary N) is 1. The Hall–Kier alpha value is -0.810. The molecule has 2 heterocycles. The van der Waals surface area contributed by atoms with Gasteiger partial charge in [-0.25, -0.2) is 0 Å². The number of rotatable bonds is 7. The smallest absolute Gasteiger partial charge is 0.193 e. The van der Waals surface area contributed by atoms with Crippen molar-refractivity contribution in [2.75, 3.05) is 52.6 Å². The molecule has 0 aliphatic carbocycles. The molecule has 0 aromatic rings. The van der Waals surface area contributed by atoms with E-state index in [1.165, 1.54) is 12.8 Å². The number of aliphatic imine (C=N–C) groups is 1. The van der Waals surface area contributed by atoms with Crippen molar-refractivity contribution in [3.8, 4) is 0 Å². The van der Waals surface area contributed by atoms with Crippen LogP contribution < -0.4 is 5.32 Å². The summed E-state index contributed by atoms with van der Waals surface area (Å²) in [5.41, 5.74) is 0.385. The third-order valence-corrected chi connectivity index (χ3v) is 4.42. The van der Waals surface area contributed by atoms with Crippen LogP contribution in [0, 0.1) is 11.3 Å². The van der Waals surface area contributed by atoms with Crippen molar-refractivity contribution in [2.24, 2.45) is 16.3 Å². The van der Waals surface area contributed by atoms with Crippen LogP contribution in [0.25, 0.3) is 0 Å². The monoisotopic (exact) mass is 311 g/mol. The SMILES string of the molecule is CCNC(=NCCCOCC(C)C)N1CCC2(CCOC2)C1. The van der Waals surface area contributed by atoms with Gasteiger partial charge in [-0.15, -0.1) is 0 Å². The van der Waals surface area contributed by atoms with Crippen molar-refractivity contribution in [1.29, 1.82) is 0 Å². The normalized spacial score (nSPS) is 25.6. The fourth-order valence-electron chi connectivity index (χ4n) is 3.18. The van der Waals surface area contributed by atoms with Crippen molar-refractivity contribution >= 4 is 5.96 Å². The first-order valence-electron chi connectivity index (χ1n) is 8.84. The second kappa shape index (κ2) is 8.73. The molecule has 0 amide bonds. The summed E-state index contributed by atoms with van der Waals surface area (Å²) in [7, 11) is 0. The Balaban J connectivity index is 1.75. The van der Waals surface area contributed by atoms with Gasteiger partial charge >= 0.3 is 0 Å². The fourth-order valence-corrected chi connectivity index (χ4v) is 3.18. The number of nitrogens with zero attached hydrogens (tertiary/aromatic N) is 2. The molecule has 2 rings (SSSR count). The van der Waals surface area contributed by atoms with Gasteiger partial charge in [-0.05, 0) is 32.1 Å². The van der Waals surface area contributed by atoms with Crippen molar-refractivity contribution in [1.82, 2.24) is 10.2 Å². The highest BCUT2D eigenvalue weighted by Gasteiger charge is 2.42. The third-order valence-electron chi connectivity index (χ3n) is 4.42. The van der Waals surface area contributed by atoms with Gasteiger partial charge in [0.15, 0.2) is 5.96 Å². The molecule has 0 bridgehead atoms. The Morgan fingerprint density at radius 1 is 1.41 bits per heavy atom. The van der Waals surface area contributed by atoms with Crippen molar-refractivity contribution < 1.29 is 9.47 Å². The Kier molecular flexibility index (Phi) is 6.96. The maximum absolute atomic E-state index is 5.62.